The summed E-state index contributed by atoms with van der Waals surface area (Å²) in [6.07, 6.45) is 0. The number of nitrogens with one attached hydrogen (secondary N) is 2. The first-order valence-electron chi connectivity index (χ1n) is 6.31. The molecule has 0 aliphatic heterocycles. The number of benzene rings is 1. The molecular weight excluding hydrogens is 226 g/mol. The van der Waals surface area contributed by atoms with Crippen molar-refractivity contribution in [3.05, 3.63) is 29.8 Å². The van der Waals surface area contributed by atoms with Gasteiger partial charge in [0.05, 0.1) is 0 Å². The van der Waals surface area contributed by atoms with Crippen molar-refractivity contribution in [2.75, 3.05) is 25.5 Å². The van der Waals surface area contributed by atoms with E-state index in [0.717, 1.165) is 12.2 Å². The van der Waals surface area contributed by atoms with E-state index in [1.807, 2.05) is 38.2 Å². The molecule has 18 heavy (non-hydrogen) atoms. The predicted octanol–water partition coefficient (Wildman–Crippen LogP) is 2.46. The number of amides is 2. The average Bonchev–Trinajstić information content (AvgIpc) is 2.32. The van der Waals surface area contributed by atoms with Gasteiger partial charge >= 0.3 is 6.03 Å². The lowest BCUT2D eigenvalue weighted by Crippen LogP contribution is -2.37. The predicted molar refractivity (Wildman–Crippen MR) is 76.0 cm³/mol. The molecule has 4 heteroatoms. The standard InChI is InChI=1S/C14H23N3O/c1-11(2)17(4)10-9-15-14(18)16-13-7-5-12(3)6-8-13/h5-8,11H,9-10H2,1-4H3,(H2,15,16,18). The van der Waals surface area contributed by atoms with E-state index in [1.54, 1.807) is 0 Å². The number of rotatable bonds is 5. The van der Waals surface area contributed by atoms with Gasteiger partial charge in [-0.25, -0.2) is 4.79 Å². The second kappa shape index (κ2) is 7.01. The van der Waals surface area contributed by atoms with Crippen LogP contribution >= 0.6 is 0 Å². The van der Waals surface area contributed by atoms with Crippen LogP contribution in [0.3, 0.4) is 0 Å². The molecule has 0 bridgehead atoms. The number of carbonyl (C=O) groups excluding carboxylic acids is 1. The molecule has 0 heterocycles. The summed E-state index contributed by atoms with van der Waals surface area (Å²) in [5.41, 5.74) is 2.00. The highest BCUT2D eigenvalue weighted by Gasteiger charge is 2.04. The van der Waals surface area contributed by atoms with Gasteiger partial charge < -0.3 is 15.5 Å². The van der Waals surface area contributed by atoms with E-state index in [0.29, 0.717) is 12.6 Å². The summed E-state index contributed by atoms with van der Waals surface area (Å²) in [6.45, 7) is 7.77. The fourth-order valence-electron chi connectivity index (χ4n) is 1.42. The average molecular weight is 249 g/mol. The Labute approximate surface area is 109 Å². The van der Waals surface area contributed by atoms with E-state index < -0.39 is 0 Å². The third-order valence-corrected chi connectivity index (χ3v) is 2.94. The number of aryl methyl sites for hydroxylation is 1. The zero-order chi connectivity index (χ0) is 13.5. The van der Waals surface area contributed by atoms with E-state index >= 15 is 0 Å². The maximum Gasteiger partial charge on any atom is 0.319 e. The first-order valence-corrected chi connectivity index (χ1v) is 6.31. The molecule has 0 radical (unpaired) electrons. The highest BCUT2D eigenvalue weighted by atomic mass is 16.2. The quantitative estimate of drug-likeness (QED) is 0.842. The summed E-state index contributed by atoms with van der Waals surface area (Å²) in [4.78, 5) is 13.8. The van der Waals surface area contributed by atoms with E-state index in [1.165, 1.54) is 5.56 Å². The summed E-state index contributed by atoms with van der Waals surface area (Å²) >= 11 is 0. The minimum Gasteiger partial charge on any atom is -0.337 e. The van der Waals surface area contributed by atoms with Gasteiger partial charge in [0.2, 0.25) is 0 Å². The normalized spacial score (nSPS) is 10.8. The SMILES string of the molecule is Cc1ccc(NC(=O)NCCN(C)C(C)C)cc1. The van der Waals surface area contributed by atoms with E-state index in [2.05, 4.69) is 29.4 Å². The summed E-state index contributed by atoms with van der Waals surface area (Å²) in [5, 5.41) is 5.64. The fraction of sp³-hybridized carbons (Fsp3) is 0.500. The van der Waals surface area contributed by atoms with Crippen molar-refractivity contribution in [1.29, 1.82) is 0 Å². The van der Waals surface area contributed by atoms with E-state index in [-0.39, 0.29) is 6.03 Å². The largest absolute Gasteiger partial charge is 0.337 e. The van der Waals surface area contributed by atoms with Crippen molar-refractivity contribution in [1.82, 2.24) is 10.2 Å². The maximum atomic E-state index is 11.6. The Morgan fingerprint density at radius 2 is 1.89 bits per heavy atom. The van der Waals surface area contributed by atoms with Gasteiger partial charge in [-0.05, 0) is 40.0 Å². The van der Waals surface area contributed by atoms with Gasteiger partial charge in [-0.2, -0.15) is 0 Å². The maximum absolute atomic E-state index is 11.6. The van der Waals surface area contributed by atoms with Crippen LogP contribution in [0.4, 0.5) is 10.5 Å². The minimum absolute atomic E-state index is 0.156. The Kier molecular flexibility index (Phi) is 5.65. The Hall–Kier alpha value is -1.55. The summed E-state index contributed by atoms with van der Waals surface area (Å²) in [6, 6.07) is 8.08. The third kappa shape index (κ3) is 5.19. The molecule has 0 aliphatic carbocycles. The lowest BCUT2D eigenvalue weighted by molar-refractivity contribution is 0.244. The fourth-order valence-corrected chi connectivity index (χ4v) is 1.42. The molecule has 0 fully saturated rings. The smallest absolute Gasteiger partial charge is 0.319 e. The molecule has 1 aromatic rings. The summed E-state index contributed by atoms with van der Waals surface area (Å²) in [5.74, 6) is 0. The number of likely N-dealkylation sites (N-methyl/N-ethyl adjacent to an activating group) is 1. The Balaban J connectivity index is 2.27. The molecule has 0 saturated heterocycles. The minimum atomic E-state index is -0.156. The number of carbonyl (C=O) groups is 1. The highest BCUT2D eigenvalue weighted by molar-refractivity contribution is 5.89. The molecule has 1 rings (SSSR count). The van der Waals surface area contributed by atoms with Crippen LogP contribution in [0.15, 0.2) is 24.3 Å². The Bertz CT molecular complexity index is 373. The second-order valence-electron chi connectivity index (χ2n) is 4.82. The molecule has 1 aromatic carbocycles. The number of nitrogens with zero attached hydrogens (tertiary/aromatic N) is 1. The third-order valence-electron chi connectivity index (χ3n) is 2.94. The molecule has 0 saturated carbocycles. The Morgan fingerprint density at radius 1 is 1.28 bits per heavy atom. The number of hydrogen-bond donors (Lipinski definition) is 2. The van der Waals surface area contributed by atoms with Crippen molar-refractivity contribution in [2.45, 2.75) is 26.8 Å². The molecular formula is C14H23N3O. The van der Waals surface area contributed by atoms with Crippen LogP contribution < -0.4 is 10.6 Å². The van der Waals surface area contributed by atoms with Crippen molar-refractivity contribution < 1.29 is 4.79 Å². The van der Waals surface area contributed by atoms with Gasteiger partial charge in [0.1, 0.15) is 0 Å². The molecule has 2 N–H and O–H groups in total. The number of urea groups is 1. The Morgan fingerprint density at radius 3 is 2.44 bits per heavy atom. The monoisotopic (exact) mass is 249 g/mol. The van der Waals surface area contributed by atoms with Crippen LogP contribution in [0.1, 0.15) is 19.4 Å². The summed E-state index contributed by atoms with van der Waals surface area (Å²) in [7, 11) is 2.05. The zero-order valence-corrected chi connectivity index (χ0v) is 11.7. The highest BCUT2D eigenvalue weighted by Crippen LogP contribution is 2.07. The van der Waals surface area contributed by atoms with Crippen LogP contribution in [0.2, 0.25) is 0 Å². The first kappa shape index (κ1) is 14.5. The molecule has 0 aliphatic rings. The van der Waals surface area contributed by atoms with Crippen molar-refractivity contribution >= 4 is 11.7 Å². The molecule has 100 valence electrons. The van der Waals surface area contributed by atoms with Crippen LogP contribution in [0.25, 0.3) is 0 Å². The van der Waals surface area contributed by atoms with Gasteiger partial charge in [-0.3, -0.25) is 0 Å². The zero-order valence-electron chi connectivity index (χ0n) is 11.7. The van der Waals surface area contributed by atoms with Gasteiger partial charge in [0.25, 0.3) is 0 Å². The van der Waals surface area contributed by atoms with Gasteiger partial charge in [-0.15, -0.1) is 0 Å². The molecule has 0 unspecified atom stereocenters. The van der Waals surface area contributed by atoms with Crippen molar-refractivity contribution in [3.63, 3.8) is 0 Å². The molecule has 4 nitrogen and oxygen atoms in total. The molecule has 0 atom stereocenters. The van der Waals surface area contributed by atoms with Gasteiger partial charge in [-0.1, -0.05) is 17.7 Å². The number of hydrogen-bond acceptors (Lipinski definition) is 2. The van der Waals surface area contributed by atoms with Crippen LogP contribution in [0, 0.1) is 6.92 Å². The second-order valence-corrected chi connectivity index (χ2v) is 4.82. The van der Waals surface area contributed by atoms with E-state index in [9.17, 15) is 4.79 Å². The van der Waals surface area contributed by atoms with Crippen molar-refractivity contribution in [3.8, 4) is 0 Å². The first-order chi connectivity index (χ1) is 8.49. The van der Waals surface area contributed by atoms with Crippen LogP contribution in [0.5, 0.6) is 0 Å². The topological polar surface area (TPSA) is 44.4 Å². The molecule has 0 aromatic heterocycles. The van der Waals surface area contributed by atoms with E-state index in [4.69, 9.17) is 0 Å². The lowest BCUT2D eigenvalue weighted by Gasteiger charge is -2.20. The summed E-state index contributed by atoms with van der Waals surface area (Å²) < 4.78 is 0. The number of anilines is 1. The lowest BCUT2D eigenvalue weighted by atomic mass is 10.2. The molecule has 0 spiro atoms. The van der Waals surface area contributed by atoms with Gasteiger partial charge in [0, 0.05) is 24.8 Å². The molecule has 2 amide bonds. The van der Waals surface area contributed by atoms with Crippen molar-refractivity contribution in [2.24, 2.45) is 0 Å². The van der Waals surface area contributed by atoms with Crippen LogP contribution in [-0.2, 0) is 0 Å². The van der Waals surface area contributed by atoms with Crippen LogP contribution in [-0.4, -0.2) is 37.1 Å². The van der Waals surface area contributed by atoms with Gasteiger partial charge in [0.15, 0.2) is 0 Å².